The third-order valence-electron chi connectivity index (χ3n) is 2.10. The fourth-order valence-electron chi connectivity index (χ4n) is 1.23. The maximum absolute atomic E-state index is 11.3. The normalized spacial score (nSPS) is 10.8. The van der Waals surface area contributed by atoms with Crippen LogP contribution in [0.25, 0.3) is 0 Å². The zero-order valence-corrected chi connectivity index (χ0v) is 11.7. The first-order valence-corrected chi connectivity index (χ1v) is 6.21. The van der Waals surface area contributed by atoms with Crippen molar-refractivity contribution in [3.8, 4) is 0 Å². The topological polar surface area (TPSA) is 118 Å². The molecule has 0 amide bonds. The Morgan fingerprint density at radius 3 is 2.33 bits per heavy atom. The predicted molar refractivity (Wildman–Crippen MR) is 72.4 cm³/mol. The first kappa shape index (κ1) is 16.4. The molecule has 0 aromatic carbocycles. The summed E-state index contributed by atoms with van der Waals surface area (Å²) in [4.78, 5) is 48.8. The van der Waals surface area contributed by atoms with E-state index in [0.29, 0.717) is 0 Å². The lowest BCUT2D eigenvalue weighted by molar-refractivity contribution is -0.141. The van der Waals surface area contributed by atoms with Crippen LogP contribution in [0.4, 0.5) is 0 Å². The number of esters is 2. The van der Waals surface area contributed by atoms with Gasteiger partial charge in [0.05, 0.1) is 12.3 Å². The van der Waals surface area contributed by atoms with Crippen LogP contribution in [-0.2, 0) is 25.7 Å². The summed E-state index contributed by atoms with van der Waals surface area (Å²) >= 11 is 0. The van der Waals surface area contributed by atoms with Crippen molar-refractivity contribution < 1.29 is 19.1 Å². The smallest absolute Gasteiger partial charge is 0.331 e. The third kappa shape index (κ3) is 6.90. The van der Waals surface area contributed by atoms with E-state index in [1.54, 1.807) is 0 Å². The predicted octanol–water partition coefficient (Wildman–Crippen LogP) is -0.138. The van der Waals surface area contributed by atoms with Gasteiger partial charge in [-0.2, -0.15) is 0 Å². The number of hydrogen-bond donors (Lipinski definition) is 2. The number of carbonyl (C=O) groups is 2. The van der Waals surface area contributed by atoms with Crippen molar-refractivity contribution in [1.82, 2.24) is 9.97 Å². The molecule has 0 spiro atoms. The Kier molecular flexibility index (Phi) is 6.12. The van der Waals surface area contributed by atoms with Gasteiger partial charge >= 0.3 is 17.6 Å². The zero-order valence-electron chi connectivity index (χ0n) is 11.7. The first-order chi connectivity index (χ1) is 9.86. The van der Waals surface area contributed by atoms with Crippen molar-refractivity contribution in [2.75, 3.05) is 6.61 Å². The van der Waals surface area contributed by atoms with Gasteiger partial charge in [-0.15, -0.1) is 0 Å². The fraction of sp³-hybridized carbons (Fsp3) is 0.385. The van der Waals surface area contributed by atoms with Crippen molar-refractivity contribution in [3.05, 3.63) is 44.8 Å². The summed E-state index contributed by atoms with van der Waals surface area (Å²) < 4.78 is 9.58. The number of rotatable bonds is 6. The van der Waals surface area contributed by atoms with Crippen LogP contribution in [-0.4, -0.2) is 28.5 Å². The van der Waals surface area contributed by atoms with E-state index in [1.165, 1.54) is 0 Å². The summed E-state index contributed by atoms with van der Waals surface area (Å²) in [5.41, 5.74) is -1.15. The van der Waals surface area contributed by atoms with Crippen LogP contribution in [0.1, 0.15) is 19.5 Å². The van der Waals surface area contributed by atoms with Crippen molar-refractivity contribution in [2.24, 2.45) is 5.92 Å². The minimum absolute atomic E-state index is 0.146. The lowest BCUT2D eigenvalue weighted by Crippen LogP contribution is -2.23. The van der Waals surface area contributed by atoms with Crippen LogP contribution in [0, 0.1) is 5.92 Å². The summed E-state index contributed by atoms with van der Waals surface area (Å²) in [5.74, 6) is -1.25. The molecule has 0 radical (unpaired) electrons. The molecule has 1 aromatic heterocycles. The van der Waals surface area contributed by atoms with Crippen LogP contribution in [0.3, 0.4) is 0 Å². The van der Waals surface area contributed by atoms with Gasteiger partial charge in [-0.3, -0.25) is 9.78 Å². The quantitative estimate of drug-likeness (QED) is 0.557. The Morgan fingerprint density at radius 2 is 1.76 bits per heavy atom. The number of H-pyrrole nitrogens is 2. The molecule has 114 valence electrons. The SMILES string of the molecule is CC(C)COC(=O)/C=C/C(=O)OCc1cc(=O)[nH]c(=O)[nH]1. The van der Waals surface area contributed by atoms with Gasteiger partial charge in [0.25, 0.3) is 5.56 Å². The molecule has 0 aliphatic rings. The van der Waals surface area contributed by atoms with Crippen LogP contribution in [0.2, 0.25) is 0 Å². The van der Waals surface area contributed by atoms with Crippen molar-refractivity contribution in [3.63, 3.8) is 0 Å². The second-order valence-electron chi connectivity index (χ2n) is 4.58. The van der Waals surface area contributed by atoms with Gasteiger partial charge in [0, 0.05) is 18.2 Å². The van der Waals surface area contributed by atoms with Crippen molar-refractivity contribution >= 4 is 11.9 Å². The highest BCUT2D eigenvalue weighted by Crippen LogP contribution is 1.95. The molecule has 0 atom stereocenters. The largest absolute Gasteiger partial charge is 0.462 e. The summed E-state index contributed by atoms with van der Waals surface area (Å²) in [6.45, 7) is 3.73. The highest BCUT2D eigenvalue weighted by molar-refractivity contribution is 5.91. The van der Waals surface area contributed by atoms with Crippen LogP contribution >= 0.6 is 0 Å². The summed E-state index contributed by atoms with van der Waals surface area (Å²) in [5, 5.41) is 0. The average molecular weight is 296 g/mol. The molecule has 0 bridgehead atoms. The van der Waals surface area contributed by atoms with E-state index in [9.17, 15) is 19.2 Å². The van der Waals surface area contributed by atoms with E-state index in [0.717, 1.165) is 18.2 Å². The fourth-order valence-corrected chi connectivity index (χ4v) is 1.23. The molecule has 0 saturated carbocycles. The highest BCUT2D eigenvalue weighted by Gasteiger charge is 2.04. The third-order valence-corrected chi connectivity index (χ3v) is 2.10. The molecule has 8 nitrogen and oxygen atoms in total. The lowest BCUT2D eigenvalue weighted by Gasteiger charge is -2.04. The first-order valence-electron chi connectivity index (χ1n) is 6.21. The van der Waals surface area contributed by atoms with Crippen LogP contribution < -0.4 is 11.2 Å². The number of aromatic amines is 2. The Bertz CT molecular complexity index is 612. The number of ether oxygens (including phenoxy) is 2. The number of carbonyl (C=O) groups excluding carboxylic acids is 2. The van der Waals surface area contributed by atoms with Gasteiger partial charge in [0.2, 0.25) is 0 Å². The van der Waals surface area contributed by atoms with Gasteiger partial charge in [-0.05, 0) is 5.92 Å². The minimum atomic E-state index is -0.794. The van der Waals surface area contributed by atoms with Gasteiger partial charge in [-0.25, -0.2) is 14.4 Å². The van der Waals surface area contributed by atoms with Gasteiger partial charge in [0.1, 0.15) is 6.61 Å². The van der Waals surface area contributed by atoms with E-state index < -0.39 is 23.2 Å². The monoisotopic (exact) mass is 296 g/mol. The maximum atomic E-state index is 11.3. The molecule has 2 N–H and O–H groups in total. The summed E-state index contributed by atoms with van der Waals surface area (Å²) in [6.07, 6.45) is 1.86. The van der Waals surface area contributed by atoms with E-state index in [2.05, 4.69) is 4.98 Å². The Balaban J connectivity index is 2.45. The second-order valence-corrected chi connectivity index (χ2v) is 4.58. The Hall–Kier alpha value is -2.64. The second kappa shape index (κ2) is 7.83. The number of hydrogen-bond acceptors (Lipinski definition) is 6. The van der Waals surface area contributed by atoms with Crippen LogP contribution in [0.5, 0.6) is 0 Å². The molecule has 8 heteroatoms. The van der Waals surface area contributed by atoms with Gasteiger partial charge in [0.15, 0.2) is 0 Å². The van der Waals surface area contributed by atoms with E-state index in [4.69, 9.17) is 9.47 Å². The van der Waals surface area contributed by atoms with E-state index in [1.807, 2.05) is 18.8 Å². The zero-order chi connectivity index (χ0) is 15.8. The molecule has 21 heavy (non-hydrogen) atoms. The lowest BCUT2D eigenvalue weighted by atomic mass is 10.2. The Morgan fingerprint density at radius 1 is 1.14 bits per heavy atom. The Labute approximate surface area is 119 Å². The average Bonchev–Trinajstić information content (AvgIpc) is 2.39. The molecular weight excluding hydrogens is 280 g/mol. The number of nitrogens with one attached hydrogen (secondary N) is 2. The molecule has 0 saturated heterocycles. The molecule has 1 rings (SSSR count). The van der Waals surface area contributed by atoms with Gasteiger partial charge in [-0.1, -0.05) is 13.8 Å². The van der Waals surface area contributed by atoms with E-state index in [-0.39, 0.29) is 24.8 Å². The minimum Gasteiger partial charge on any atom is -0.462 e. The summed E-state index contributed by atoms with van der Waals surface area (Å²) in [7, 11) is 0. The molecule has 0 fully saturated rings. The van der Waals surface area contributed by atoms with Crippen LogP contribution in [0.15, 0.2) is 27.8 Å². The van der Waals surface area contributed by atoms with Crippen molar-refractivity contribution in [1.29, 1.82) is 0 Å². The van der Waals surface area contributed by atoms with E-state index >= 15 is 0 Å². The molecule has 0 aliphatic heterocycles. The molecule has 0 aliphatic carbocycles. The number of aromatic nitrogens is 2. The highest BCUT2D eigenvalue weighted by atomic mass is 16.5. The molecule has 0 unspecified atom stereocenters. The molecule has 1 heterocycles. The standard InChI is InChI=1S/C13H16N2O6/c1-8(2)6-20-11(17)3-4-12(18)21-7-9-5-10(16)15-13(19)14-9/h3-5,8H,6-7H2,1-2H3,(H2,14,15,16,19)/b4-3+. The maximum Gasteiger partial charge on any atom is 0.331 e. The van der Waals surface area contributed by atoms with Gasteiger partial charge < -0.3 is 14.5 Å². The van der Waals surface area contributed by atoms with Crippen molar-refractivity contribution in [2.45, 2.75) is 20.5 Å². The molecular formula is C13H16N2O6. The summed E-state index contributed by atoms with van der Waals surface area (Å²) in [6, 6.07) is 1.09. The molecule has 1 aromatic rings.